The van der Waals surface area contributed by atoms with Gasteiger partial charge in [-0.2, -0.15) is 0 Å². The van der Waals surface area contributed by atoms with Gasteiger partial charge < -0.3 is 30.7 Å². The molecule has 0 aromatic heterocycles. The summed E-state index contributed by atoms with van der Waals surface area (Å²) in [5.41, 5.74) is 1.37. The first kappa shape index (κ1) is 28.5. The number of hydrogen-bond acceptors (Lipinski definition) is 6. The number of halogens is 1. The Morgan fingerprint density at radius 3 is 2.66 bits per heavy atom. The van der Waals surface area contributed by atoms with Gasteiger partial charge in [0.2, 0.25) is 17.7 Å². The van der Waals surface area contributed by atoms with Crippen LogP contribution < -0.4 is 16.0 Å². The molecule has 3 atom stereocenters. The predicted octanol–water partition coefficient (Wildman–Crippen LogP) is 1.89. The maximum Gasteiger partial charge on any atom is 0.251 e. The van der Waals surface area contributed by atoms with E-state index in [0.717, 1.165) is 5.56 Å². The number of hydrogen-bond donors (Lipinski definition) is 4. The van der Waals surface area contributed by atoms with Crippen molar-refractivity contribution >= 4 is 23.6 Å². The van der Waals surface area contributed by atoms with Crippen molar-refractivity contribution in [2.75, 3.05) is 32.8 Å². The lowest BCUT2D eigenvalue weighted by molar-refractivity contribution is -0.146. The summed E-state index contributed by atoms with van der Waals surface area (Å²) in [6, 6.07) is 8.73. The Kier molecular flexibility index (Phi) is 8.82. The van der Waals surface area contributed by atoms with Crippen molar-refractivity contribution in [3.63, 3.8) is 0 Å². The Bertz CT molecular complexity index is 1330. The van der Waals surface area contributed by atoms with Gasteiger partial charge in [0.05, 0.1) is 12.1 Å². The third-order valence-corrected chi connectivity index (χ3v) is 8.04. The van der Waals surface area contributed by atoms with Crippen LogP contribution in [0.25, 0.3) is 11.1 Å². The molecule has 11 heteroatoms. The number of morpholine rings is 1. The molecule has 4 amide bonds. The summed E-state index contributed by atoms with van der Waals surface area (Å²) in [4.78, 5) is 52.4. The molecule has 218 valence electrons. The highest BCUT2D eigenvalue weighted by Crippen LogP contribution is 2.33. The molecule has 5 rings (SSSR count). The van der Waals surface area contributed by atoms with Crippen molar-refractivity contribution in [2.45, 2.75) is 50.7 Å². The van der Waals surface area contributed by atoms with E-state index in [9.17, 15) is 28.7 Å². The number of carbonyl (C=O) groups is 4. The Morgan fingerprint density at radius 2 is 1.80 bits per heavy atom. The number of phenolic OH excluding ortho intramolecular Hbond substituents is 1. The molecule has 2 heterocycles. The molecule has 0 radical (unpaired) electrons. The molecule has 1 aliphatic carbocycles. The van der Waals surface area contributed by atoms with Crippen molar-refractivity contribution in [1.29, 1.82) is 0 Å². The minimum Gasteiger partial charge on any atom is -0.507 e. The van der Waals surface area contributed by atoms with Gasteiger partial charge in [-0.25, -0.2) is 4.39 Å². The highest BCUT2D eigenvalue weighted by Gasteiger charge is 2.39. The number of carbonyl (C=O) groups excluding carboxylic acids is 4. The molecule has 4 bridgehead atoms. The minimum absolute atomic E-state index is 0.0114. The quantitative estimate of drug-likeness (QED) is 0.416. The fourth-order valence-corrected chi connectivity index (χ4v) is 5.82. The zero-order chi connectivity index (χ0) is 28.9. The fraction of sp³-hybridized carbons (Fsp3) is 0.467. The Labute approximate surface area is 237 Å². The summed E-state index contributed by atoms with van der Waals surface area (Å²) in [6.45, 7) is 1.10. The van der Waals surface area contributed by atoms with Crippen LogP contribution in [0.15, 0.2) is 36.4 Å². The zero-order valence-corrected chi connectivity index (χ0v) is 22.8. The number of amides is 4. The second-order valence-electron chi connectivity index (χ2n) is 10.9. The zero-order valence-electron chi connectivity index (χ0n) is 22.8. The maximum atomic E-state index is 14.8. The van der Waals surface area contributed by atoms with Crippen molar-refractivity contribution in [1.82, 2.24) is 20.9 Å². The smallest absolute Gasteiger partial charge is 0.251 e. The van der Waals surface area contributed by atoms with E-state index >= 15 is 0 Å². The lowest BCUT2D eigenvalue weighted by Crippen LogP contribution is -2.55. The first-order valence-corrected chi connectivity index (χ1v) is 14.1. The van der Waals surface area contributed by atoms with Crippen molar-refractivity contribution in [2.24, 2.45) is 5.92 Å². The van der Waals surface area contributed by atoms with E-state index in [-0.39, 0.29) is 84.3 Å². The maximum absolute atomic E-state index is 14.8. The lowest BCUT2D eigenvalue weighted by Gasteiger charge is -2.40. The van der Waals surface area contributed by atoms with E-state index in [0.29, 0.717) is 45.2 Å². The number of nitrogens with one attached hydrogen (secondary N) is 3. The van der Waals surface area contributed by atoms with Crippen LogP contribution in [-0.4, -0.2) is 78.6 Å². The van der Waals surface area contributed by atoms with Crippen LogP contribution in [-0.2, 0) is 25.5 Å². The van der Waals surface area contributed by atoms with Gasteiger partial charge in [-0.1, -0.05) is 6.07 Å². The molecule has 1 saturated carbocycles. The van der Waals surface area contributed by atoms with E-state index < -0.39 is 11.7 Å². The van der Waals surface area contributed by atoms with Crippen molar-refractivity contribution < 1.29 is 33.4 Å². The average molecular weight is 567 g/mol. The summed E-state index contributed by atoms with van der Waals surface area (Å²) in [5, 5.41) is 19.1. The highest BCUT2D eigenvalue weighted by atomic mass is 19.1. The Hall–Kier alpha value is -3.99. The number of aromatic hydroxyl groups is 1. The third kappa shape index (κ3) is 6.84. The highest BCUT2D eigenvalue weighted by molar-refractivity contribution is 5.95. The van der Waals surface area contributed by atoms with Crippen molar-refractivity contribution in [3.8, 4) is 16.9 Å². The van der Waals surface area contributed by atoms with Crippen LogP contribution in [0, 0.1) is 11.7 Å². The van der Waals surface area contributed by atoms with Crippen LogP contribution in [0.3, 0.4) is 0 Å². The van der Waals surface area contributed by atoms with E-state index in [2.05, 4.69) is 16.0 Å². The number of benzene rings is 2. The van der Waals surface area contributed by atoms with Gasteiger partial charge in [0.25, 0.3) is 5.91 Å². The largest absolute Gasteiger partial charge is 0.507 e. The summed E-state index contributed by atoms with van der Waals surface area (Å²) >= 11 is 0. The molecule has 1 saturated heterocycles. The third-order valence-electron chi connectivity index (χ3n) is 8.04. The van der Waals surface area contributed by atoms with E-state index in [4.69, 9.17) is 4.74 Å². The summed E-state index contributed by atoms with van der Waals surface area (Å²) < 4.78 is 20.5. The lowest BCUT2D eigenvalue weighted by atomic mass is 9.82. The van der Waals surface area contributed by atoms with Crippen LogP contribution >= 0.6 is 0 Å². The SMILES string of the molecule is O=C1CCCN(C(=O)[C@H]2CC[C@@H]3NC(=O)CO[C@H]3C2)CCNC(=O)c2ccc(F)c(c2)-c2cc(ccc2O)CCN1. The Morgan fingerprint density at radius 1 is 0.951 bits per heavy atom. The predicted molar refractivity (Wildman–Crippen MR) is 147 cm³/mol. The van der Waals surface area contributed by atoms with Crippen LogP contribution in [0.4, 0.5) is 4.39 Å². The number of nitrogens with zero attached hydrogens (tertiary/aromatic N) is 1. The molecule has 10 nitrogen and oxygen atoms in total. The minimum atomic E-state index is -0.579. The molecule has 2 aromatic carbocycles. The molecular weight excluding hydrogens is 531 g/mol. The molecular formula is C30H35FN4O6. The van der Waals surface area contributed by atoms with E-state index in [1.165, 1.54) is 24.3 Å². The number of ether oxygens (including phenoxy) is 1. The van der Waals surface area contributed by atoms with Gasteiger partial charge in [0, 0.05) is 55.2 Å². The summed E-state index contributed by atoms with van der Waals surface area (Å²) in [6.07, 6.45) is 2.70. The first-order chi connectivity index (χ1) is 19.8. The summed E-state index contributed by atoms with van der Waals surface area (Å²) in [7, 11) is 0. The molecule has 4 N–H and O–H groups in total. The molecule has 0 spiro atoms. The van der Waals surface area contributed by atoms with Crippen LogP contribution in [0.1, 0.15) is 48.0 Å². The monoisotopic (exact) mass is 566 g/mol. The van der Waals surface area contributed by atoms with Gasteiger partial charge in [0.15, 0.2) is 0 Å². The fourth-order valence-electron chi connectivity index (χ4n) is 5.82. The summed E-state index contributed by atoms with van der Waals surface area (Å²) in [5.74, 6) is -1.76. The second-order valence-corrected chi connectivity index (χ2v) is 10.9. The van der Waals surface area contributed by atoms with Crippen molar-refractivity contribution in [3.05, 3.63) is 53.3 Å². The van der Waals surface area contributed by atoms with E-state index in [1.807, 2.05) is 0 Å². The molecule has 3 aliphatic rings. The van der Waals surface area contributed by atoms with Crippen LogP contribution in [0.2, 0.25) is 0 Å². The Balaban J connectivity index is 1.32. The van der Waals surface area contributed by atoms with Gasteiger partial charge >= 0.3 is 0 Å². The van der Waals surface area contributed by atoms with Gasteiger partial charge in [-0.3, -0.25) is 19.2 Å². The molecule has 41 heavy (non-hydrogen) atoms. The second kappa shape index (κ2) is 12.7. The van der Waals surface area contributed by atoms with Gasteiger partial charge in [0.1, 0.15) is 18.2 Å². The molecule has 2 fully saturated rings. The number of fused-ring (bicyclic) bond motifs is 6. The number of rotatable bonds is 1. The van der Waals surface area contributed by atoms with E-state index in [1.54, 1.807) is 17.0 Å². The standard InChI is InChI=1S/C30H35FN4O6/c31-23-6-4-19-15-21(23)22-14-18(3-8-25(22)36)9-10-32-27(37)2-1-12-35(13-11-33-29(19)39)30(40)20-5-7-24-26(16-20)41-17-28(38)34-24/h3-4,6,8,14-15,20,24,26,36H,1-2,5,7,9-13,16-17H2,(H,32,37)(H,33,39)(H,34,38)/t20-,24-,26-/m0/s1. The van der Waals surface area contributed by atoms with Gasteiger partial charge in [-0.15, -0.1) is 0 Å². The average Bonchev–Trinajstić information content (AvgIpc) is 2.96. The first-order valence-electron chi connectivity index (χ1n) is 14.1. The normalized spacial score (nSPS) is 24.2. The van der Waals surface area contributed by atoms with Gasteiger partial charge in [-0.05, 0) is 68.0 Å². The molecule has 0 unspecified atom stereocenters. The molecule has 2 aromatic rings. The molecule has 2 aliphatic heterocycles. The number of phenols is 1. The van der Waals surface area contributed by atoms with Crippen LogP contribution in [0.5, 0.6) is 5.75 Å². The topological polar surface area (TPSA) is 137 Å².